The van der Waals surface area contributed by atoms with Gasteiger partial charge in [0.1, 0.15) is 11.2 Å². The van der Waals surface area contributed by atoms with Crippen LogP contribution in [0.25, 0.3) is 10.2 Å². The van der Waals surface area contributed by atoms with Crippen LogP contribution in [0, 0.1) is 16.7 Å². The van der Waals surface area contributed by atoms with Gasteiger partial charge >= 0.3 is 0 Å². The quantitative estimate of drug-likeness (QED) is 0.932. The molecule has 1 aromatic heterocycles. The maximum absolute atomic E-state index is 11.9. The van der Waals surface area contributed by atoms with Crippen molar-refractivity contribution in [1.82, 2.24) is 4.98 Å². The first-order chi connectivity index (χ1) is 9.16. The lowest BCUT2D eigenvalue weighted by Gasteiger charge is -2.03. The van der Waals surface area contributed by atoms with Crippen LogP contribution < -0.4 is 10.1 Å². The molecule has 1 fully saturated rings. The first-order valence-electron chi connectivity index (χ1n) is 5.84. The van der Waals surface area contributed by atoms with E-state index in [9.17, 15) is 4.79 Å². The van der Waals surface area contributed by atoms with Crippen LogP contribution in [-0.2, 0) is 4.79 Å². The standard InChI is InChI=1S/C13H11N3O2S/c1-18-8-2-3-9-10(6-8)19-12(15-9)16-11(17)13(7-14)4-5-13/h2-3,6H,4-5H2,1H3,(H,15,16,17). The molecule has 0 spiro atoms. The number of nitrogens with one attached hydrogen (secondary N) is 1. The summed E-state index contributed by atoms with van der Waals surface area (Å²) in [6, 6.07) is 7.61. The molecule has 96 valence electrons. The third kappa shape index (κ3) is 2.02. The van der Waals surface area contributed by atoms with Crippen molar-refractivity contribution >= 4 is 32.6 Å². The molecule has 19 heavy (non-hydrogen) atoms. The zero-order chi connectivity index (χ0) is 13.5. The maximum atomic E-state index is 11.9. The van der Waals surface area contributed by atoms with Crippen molar-refractivity contribution in [3.63, 3.8) is 0 Å². The number of amides is 1. The van der Waals surface area contributed by atoms with Crippen LogP contribution in [-0.4, -0.2) is 18.0 Å². The molecule has 1 amide bonds. The molecular weight excluding hydrogens is 262 g/mol. The average molecular weight is 273 g/mol. The van der Waals surface area contributed by atoms with Gasteiger partial charge in [0.2, 0.25) is 5.91 Å². The van der Waals surface area contributed by atoms with Gasteiger partial charge in [-0.2, -0.15) is 5.26 Å². The van der Waals surface area contributed by atoms with Gasteiger partial charge in [0, 0.05) is 0 Å². The molecule has 5 nitrogen and oxygen atoms in total. The molecule has 0 atom stereocenters. The molecule has 1 heterocycles. The van der Waals surface area contributed by atoms with Crippen molar-refractivity contribution in [3.8, 4) is 11.8 Å². The number of methoxy groups -OCH3 is 1. The van der Waals surface area contributed by atoms with E-state index < -0.39 is 5.41 Å². The Labute approximate surface area is 113 Å². The van der Waals surface area contributed by atoms with E-state index in [0.717, 1.165) is 16.0 Å². The highest BCUT2D eigenvalue weighted by Gasteiger charge is 2.50. The van der Waals surface area contributed by atoms with Gasteiger partial charge in [0.25, 0.3) is 0 Å². The average Bonchev–Trinajstić information content (AvgIpc) is 3.13. The summed E-state index contributed by atoms with van der Waals surface area (Å²) in [5.74, 6) is 0.505. The van der Waals surface area contributed by atoms with E-state index in [1.165, 1.54) is 11.3 Å². The summed E-state index contributed by atoms with van der Waals surface area (Å²) in [6.45, 7) is 0. The van der Waals surface area contributed by atoms with Crippen molar-refractivity contribution < 1.29 is 9.53 Å². The molecule has 0 unspecified atom stereocenters. The van der Waals surface area contributed by atoms with Gasteiger partial charge in [-0.05, 0) is 31.0 Å². The minimum absolute atomic E-state index is 0.249. The SMILES string of the molecule is COc1ccc2nc(NC(=O)C3(C#N)CC3)sc2c1. The van der Waals surface area contributed by atoms with Crippen molar-refractivity contribution in [1.29, 1.82) is 5.26 Å². The van der Waals surface area contributed by atoms with Crippen LogP contribution in [0.1, 0.15) is 12.8 Å². The van der Waals surface area contributed by atoms with E-state index in [1.807, 2.05) is 18.2 Å². The molecule has 2 aromatic rings. The number of nitriles is 1. The maximum Gasteiger partial charge on any atom is 0.246 e. The van der Waals surface area contributed by atoms with Crippen molar-refractivity contribution in [2.75, 3.05) is 12.4 Å². The molecule has 1 aliphatic carbocycles. The highest BCUT2D eigenvalue weighted by atomic mass is 32.1. The molecule has 1 saturated carbocycles. The Morgan fingerprint density at radius 2 is 2.37 bits per heavy atom. The summed E-state index contributed by atoms with van der Waals surface area (Å²) < 4.78 is 6.08. The fourth-order valence-electron chi connectivity index (χ4n) is 1.82. The largest absolute Gasteiger partial charge is 0.497 e. The summed E-state index contributed by atoms with van der Waals surface area (Å²) in [6.07, 6.45) is 1.27. The second-order valence-corrected chi connectivity index (χ2v) is 5.53. The number of ether oxygens (including phenoxy) is 1. The fourth-order valence-corrected chi connectivity index (χ4v) is 2.71. The number of carbonyl (C=O) groups excluding carboxylic acids is 1. The number of hydrogen-bond donors (Lipinski definition) is 1. The fraction of sp³-hybridized carbons (Fsp3) is 0.308. The number of carbonyl (C=O) groups is 1. The molecule has 1 aliphatic rings. The molecule has 0 aliphatic heterocycles. The van der Waals surface area contributed by atoms with Crippen LogP contribution >= 0.6 is 11.3 Å². The third-order valence-corrected chi connectivity index (χ3v) is 4.15. The van der Waals surface area contributed by atoms with Gasteiger partial charge in [-0.25, -0.2) is 4.98 Å². The van der Waals surface area contributed by atoms with E-state index in [1.54, 1.807) is 7.11 Å². The monoisotopic (exact) mass is 273 g/mol. The molecule has 0 bridgehead atoms. The van der Waals surface area contributed by atoms with Crippen molar-refractivity contribution in [2.45, 2.75) is 12.8 Å². The van der Waals surface area contributed by atoms with Crippen LogP contribution in [0.5, 0.6) is 5.75 Å². The van der Waals surface area contributed by atoms with E-state index in [0.29, 0.717) is 18.0 Å². The van der Waals surface area contributed by atoms with Crippen LogP contribution in [0.15, 0.2) is 18.2 Å². The zero-order valence-corrected chi connectivity index (χ0v) is 11.1. The second kappa shape index (κ2) is 4.21. The molecule has 1 aromatic carbocycles. The lowest BCUT2D eigenvalue weighted by atomic mass is 10.1. The summed E-state index contributed by atoms with van der Waals surface area (Å²) in [5, 5.41) is 12.2. The van der Waals surface area contributed by atoms with Crippen LogP contribution in [0.2, 0.25) is 0 Å². The molecular formula is C13H11N3O2S. The van der Waals surface area contributed by atoms with E-state index in [-0.39, 0.29) is 5.91 Å². The molecule has 0 radical (unpaired) electrons. The van der Waals surface area contributed by atoms with Gasteiger partial charge < -0.3 is 10.1 Å². The molecule has 6 heteroatoms. The Balaban J connectivity index is 1.86. The second-order valence-electron chi connectivity index (χ2n) is 4.50. The molecule has 1 N–H and O–H groups in total. The summed E-state index contributed by atoms with van der Waals surface area (Å²) in [4.78, 5) is 16.3. The Bertz CT molecular complexity index is 697. The number of benzene rings is 1. The van der Waals surface area contributed by atoms with Gasteiger partial charge in [-0.3, -0.25) is 4.79 Å². The number of aromatic nitrogens is 1. The lowest BCUT2D eigenvalue weighted by molar-refractivity contribution is -0.119. The van der Waals surface area contributed by atoms with Gasteiger partial charge in [0.15, 0.2) is 5.13 Å². The first-order valence-corrected chi connectivity index (χ1v) is 6.66. The van der Waals surface area contributed by atoms with Crippen LogP contribution in [0.4, 0.5) is 5.13 Å². The molecule has 0 saturated heterocycles. The Kier molecular flexibility index (Phi) is 2.64. The van der Waals surface area contributed by atoms with Crippen LogP contribution in [0.3, 0.4) is 0 Å². The van der Waals surface area contributed by atoms with Gasteiger partial charge in [-0.1, -0.05) is 11.3 Å². The Hall–Kier alpha value is -2.13. The number of fused-ring (bicyclic) bond motifs is 1. The van der Waals surface area contributed by atoms with Crippen molar-refractivity contribution in [2.24, 2.45) is 5.41 Å². The normalized spacial score (nSPS) is 15.8. The first kappa shape index (κ1) is 11.9. The predicted molar refractivity (Wildman–Crippen MR) is 72.1 cm³/mol. The van der Waals surface area contributed by atoms with E-state index in [4.69, 9.17) is 10.00 Å². The highest BCUT2D eigenvalue weighted by Crippen LogP contribution is 2.46. The number of anilines is 1. The minimum atomic E-state index is -0.824. The van der Waals surface area contributed by atoms with E-state index in [2.05, 4.69) is 16.4 Å². The topological polar surface area (TPSA) is 75.0 Å². The summed E-state index contributed by atoms with van der Waals surface area (Å²) in [7, 11) is 1.61. The summed E-state index contributed by atoms with van der Waals surface area (Å²) >= 11 is 1.38. The number of thiazole rings is 1. The highest BCUT2D eigenvalue weighted by molar-refractivity contribution is 7.22. The van der Waals surface area contributed by atoms with Gasteiger partial charge in [-0.15, -0.1) is 0 Å². The number of hydrogen-bond acceptors (Lipinski definition) is 5. The minimum Gasteiger partial charge on any atom is -0.497 e. The molecule has 3 rings (SSSR count). The number of rotatable bonds is 3. The van der Waals surface area contributed by atoms with E-state index >= 15 is 0 Å². The zero-order valence-electron chi connectivity index (χ0n) is 10.3. The Morgan fingerprint density at radius 1 is 1.58 bits per heavy atom. The number of nitrogens with zero attached hydrogens (tertiary/aromatic N) is 2. The predicted octanol–water partition coefficient (Wildman–Crippen LogP) is 2.55. The summed E-state index contributed by atoms with van der Waals surface area (Å²) in [5.41, 5.74) is -0.0156. The smallest absolute Gasteiger partial charge is 0.246 e. The Morgan fingerprint density at radius 3 is 3.00 bits per heavy atom. The lowest BCUT2D eigenvalue weighted by Crippen LogP contribution is -2.22. The third-order valence-electron chi connectivity index (χ3n) is 3.21. The van der Waals surface area contributed by atoms with Gasteiger partial charge in [0.05, 0.1) is 23.4 Å². The van der Waals surface area contributed by atoms with Crippen molar-refractivity contribution in [3.05, 3.63) is 18.2 Å².